The lowest BCUT2D eigenvalue weighted by atomic mass is 10.0. The van der Waals surface area contributed by atoms with Crippen LogP contribution in [-0.2, 0) is 6.18 Å². The minimum absolute atomic E-state index is 0.0154. The number of carbonyl (C=O) groups is 2. The molecule has 0 saturated carbocycles. The van der Waals surface area contributed by atoms with Crippen LogP contribution in [0.3, 0.4) is 0 Å². The Morgan fingerprint density at radius 2 is 1.76 bits per heavy atom. The summed E-state index contributed by atoms with van der Waals surface area (Å²) in [6, 6.07) is 11.9. The molecule has 3 aromatic carbocycles. The fourth-order valence-corrected chi connectivity index (χ4v) is 4.76. The van der Waals surface area contributed by atoms with Crippen molar-refractivity contribution in [2.45, 2.75) is 6.18 Å². The molecule has 5 aromatic rings. The number of anilines is 1. The SMILES string of the molecule is NC(=O)c1c(-c2ccc(-n3nccn3)c(Cl)c2)nn(-c2ccc3c4c(cccc24)C(=O)N3)c1C(F)(F)F. The van der Waals surface area contributed by atoms with Gasteiger partial charge in [0.2, 0.25) is 0 Å². The summed E-state index contributed by atoms with van der Waals surface area (Å²) >= 11 is 6.38. The van der Waals surface area contributed by atoms with E-state index in [0.717, 1.165) is 0 Å². The molecule has 2 amide bonds. The Morgan fingerprint density at radius 1 is 1.03 bits per heavy atom. The maximum absolute atomic E-state index is 14.5. The zero-order valence-corrected chi connectivity index (χ0v) is 19.2. The Kier molecular flexibility index (Phi) is 4.85. The quantitative estimate of drug-likeness (QED) is 0.356. The molecule has 0 spiro atoms. The smallest absolute Gasteiger partial charge is 0.365 e. The summed E-state index contributed by atoms with van der Waals surface area (Å²) < 4.78 is 44.0. The lowest BCUT2D eigenvalue weighted by Gasteiger charge is -2.14. The molecule has 37 heavy (non-hydrogen) atoms. The summed E-state index contributed by atoms with van der Waals surface area (Å²) in [6.45, 7) is 0. The normalized spacial score (nSPS) is 12.8. The van der Waals surface area contributed by atoms with Gasteiger partial charge < -0.3 is 11.1 Å². The van der Waals surface area contributed by atoms with Crippen LogP contribution in [-0.4, -0.2) is 36.6 Å². The summed E-state index contributed by atoms with van der Waals surface area (Å²) in [5, 5.41) is 15.8. The van der Waals surface area contributed by atoms with Gasteiger partial charge in [0, 0.05) is 27.6 Å². The molecule has 13 heteroatoms. The molecule has 184 valence electrons. The van der Waals surface area contributed by atoms with Crippen LogP contribution in [0.4, 0.5) is 18.9 Å². The van der Waals surface area contributed by atoms with Crippen molar-refractivity contribution in [1.29, 1.82) is 0 Å². The van der Waals surface area contributed by atoms with Gasteiger partial charge in [-0.1, -0.05) is 29.8 Å². The van der Waals surface area contributed by atoms with Gasteiger partial charge in [-0.15, -0.1) is 0 Å². The lowest BCUT2D eigenvalue weighted by Crippen LogP contribution is -2.21. The van der Waals surface area contributed by atoms with Crippen LogP contribution >= 0.6 is 11.6 Å². The molecule has 0 saturated heterocycles. The highest BCUT2D eigenvalue weighted by Crippen LogP contribution is 2.42. The average Bonchev–Trinajstić information content (AvgIpc) is 3.58. The van der Waals surface area contributed by atoms with Gasteiger partial charge in [-0.05, 0) is 30.3 Å². The number of halogens is 4. The molecular weight excluding hydrogens is 511 g/mol. The summed E-state index contributed by atoms with van der Waals surface area (Å²) in [5.74, 6) is -1.68. The Labute approximate surface area is 210 Å². The zero-order valence-electron chi connectivity index (χ0n) is 18.4. The van der Waals surface area contributed by atoms with E-state index < -0.39 is 23.3 Å². The number of carbonyl (C=O) groups excluding carboxylic acids is 2. The van der Waals surface area contributed by atoms with Crippen LogP contribution in [0.25, 0.3) is 33.4 Å². The second-order valence-corrected chi connectivity index (χ2v) is 8.55. The highest BCUT2D eigenvalue weighted by Gasteiger charge is 2.43. The van der Waals surface area contributed by atoms with E-state index in [-0.39, 0.29) is 27.9 Å². The van der Waals surface area contributed by atoms with E-state index in [4.69, 9.17) is 17.3 Å². The third kappa shape index (κ3) is 3.44. The zero-order chi connectivity index (χ0) is 26.1. The first kappa shape index (κ1) is 22.7. The largest absolute Gasteiger partial charge is 0.434 e. The van der Waals surface area contributed by atoms with Gasteiger partial charge in [0.15, 0.2) is 5.69 Å². The molecule has 0 aliphatic carbocycles. The van der Waals surface area contributed by atoms with Crippen molar-refractivity contribution in [3.8, 4) is 22.6 Å². The van der Waals surface area contributed by atoms with Crippen molar-refractivity contribution in [2.24, 2.45) is 5.73 Å². The number of alkyl halides is 3. The second-order valence-electron chi connectivity index (χ2n) is 8.15. The molecule has 3 N–H and O–H groups in total. The Morgan fingerprint density at radius 3 is 2.43 bits per heavy atom. The van der Waals surface area contributed by atoms with Gasteiger partial charge in [-0.25, -0.2) is 4.68 Å². The molecule has 3 heterocycles. The average molecular weight is 524 g/mol. The highest BCUT2D eigenvalue weighted by atomic mass is 35.5. The van der Waals surface area contributed by atoms with E-state index in [1.54, 1.807) is 18.2 Å². The van der Waals surface area contributed by atoms with Crippen LogP contribution in [0.2, 0.25) is 5.02 Å². The molecule has 1 aliphatic heterocycles. The summed E-state index contributed by atoms with van der Waals surface area (Å²) in [6.07, 6.45) is -2.13. The van der Waals surface area contributed by atoms with Gasteiger partial charge >= 0.3 is 6.18 Å². The maximum Gasteiger partial charge on any atom is 0.434 e. The molecule has 0 fully saturated rings. The number of benzene rings is 3. The van der Waals surface area contributed by atoms with Crippen molar-refractivity contribution in [1.82, 2.24) is 24.8 Å². The number of hydrogen-bond donors (Lipinski definition) is 2. The fraction of sp³-hybridized carbons (Fsp3) is 0.0417. The van der Waals surface area contributed by atoms with Gasteiger partial charge in [0.1, 0.15) is 11.4 Å². The number of hydrogen-bond acceptors (Lipinski definition) is 5. The van der Waals surface area contributed by atoms with Crippen molar-refractivity contribution < 1.29 is 22.8 Å². The summed E-state index contributed by atoms with van der Waals surface area (Å²) in [5.41, 5.74) is 4.30. The second kappa shape index (κ2) is 7.90. The topological polar surface area (TPSA) is 121 Å². The van der Waals surface area contributed by atoms with Gasteiger partial charge in [-0.2, -0.15) is 33.3 Å². The number of amides is 2. The number of nitrogens with zero attached hydrogens (tertiary/aromatic N) is 5. The van der Waals surface area contributed by atoms with Crippen LogP contribution < -0.4 is 11.1 Å². The van der Waals surface area contributed by atoms with Crippen molar-refractivity contribution in [2.75, 3.05) is 5.32 Å². The molecule has 1 aliphatic rings. The van der Waals surface area contributed by atoms with E-state index in [0.29, 0.717) is 32.4 Å². The Bertz CT molecular complexity index is 1760. The Balaban J connectivity index is 1.63. The number of nitrogens with two attached hydrogens (primary N) is 1. The minimum Gasteiger partial charge on any atom is -0.365 e. The fourth-order valence-electron chi connectivity index (χ4n) is 4.51. The lowest BCUT2D eigenvalue weighted by molar-refractivity contribution is -0.143. The molecule has 2 aromatic heterocycles. The van der Waals surface area contributed by atoms with Gasteiger partial charge in [0.25, 0.3) is 11.8 Å². The Hall–Kier alpha value is -4.71. The number of nitrogens with one attached hydrogen (secondary N) is 1. The van der Waals surface area contributed by atoms with E-state index in [1.807, 2.05) is 0 Å². The molecule has 9 nitrogen and oxygen atoms in total. The standard InChI is InChI=1S/C24H13ClF3N7O2/c25-14-10-11(4-6-17(14)35-30-8-9-31-35)20-19(22(29)36)21(24(26,27)28)34(33-20)16-7-5-15-18-12(16)2-1-3-13(18)23(37)32-15/h1-10H,(H2,29,36)(H,32,37). The third-order valence-corrected chi connectivity index (χ3v) is 6.30. The van der Waals surface area contributed by atoms with Gasteiger partial charge in [0.05, 0.1) is 28.7 Å². The van der Waals surface area contributed by atoms with E-state index in [9.17, 15) is 22.8 Å². The van der Waals surface area contributed by atoms with Crippen LogP contribution in [0, 0.1) is 0 Å². The van der Waals surface area contributed by atoms with Gasteiger partial charge in [-0.3, -0.25) is 9.59 Å². The predicted molar refractivity (Wildman–Crippen MR) is 128 cm³/mol. The van der Waals surface area contributed by atoms with Crippen LogP contribution in [0.1, 0.15) is 26.4 Å². The van der Waals surface area contributed by atoms with Crippen molar-refractivity contribution in [3.05, 3.63) is 82.8 Å². The molecule has 0 atom stereocenters. The summed E-state index contributed by atoms with van der Waals surface area (Å²) in [4.78, 5) is 26.0. The van der Waals surface area contributed by atoms with E-state index in [1.165, 1.54) is 47.5 Å². The number of primary amides is 1. The molecule has 0 radical (unpaired) electrons. The van der Waals surface area contributed by atoms with Crippen molar-refractivity contribution in [3.63, 3.8) is 0 Å². The number of aromatic nitrogens is 5. The molecule has 0 unspecified atom stereocenters. The van der Waals surface area contributed by atoms with Crippen LogP contribution in [0.5, 0.6) is 0 Å². The first-order valence-electron chi connectivity index (χ1n) is 10.7. The van der Waals surface area contributed by atoms with E-state index in [2.05, 4.69) is 20.6 Å². The van der Waals surface area contributed by atoms with Crippen molar-refractivity contribution >= 4 is 39.9 Å². The predicted octanol–water partition coefficient (Wildman–Crippen LogP) is 4.61. The van der Waals surface area contributed by atoms with Crippen LogP contribution in [0.15, 0.2) is 60.9 Å². The molecular formula is C24H13ClF3N7O2. The summed E-state index contributed by atoms with van der Waals surface area (Å²) in [7, 11) is 0. The maximum atomic E-state index is 14.5. The molecule has 0 bridgehead atoms. The highest BCUT2D eigenvalue weighted by molar-refractivity contribution is 6.32. The molecule has 6 rings (SSSR count). The first-order valence-corrected chi connectivity index (χ1v) is 11.1. The first-order chi connectivity index (χ1) is 17.6. The minimum atomic E-state index is -5.00. The number of rotatable bonds is 4. The van der Waals surface area contributed by atoms with E-state index >= 15 is 0 Å². The third-order valence-electron chi connectivity index (χ3n) is 5.99. The monoisotopic (exact) mass is 523 g/mol.